The van der Waals surface area contributed by atoms with E-state index >= 15 is 0 Å². The van der Waals surface area contributed by atoms with Gasteiger partial charge in [-0.25, -0.2) is 4.79 Å². The molecule has 0 saturated carbocycles. The van der Waals surface area contributed by atoms with Crippen LogP contribution in [0.5, 0.6) is 0 Å². The molecule has 0 bridgehead atoms. The van der Waals surface area contributed by atoms with Crippen molar-refractivity contribution in [2.75, 3.05) is 17.2 Å². The molecule has 25 heavy (non-hydrogen) atoms. The van der Waals surface area contributed by atoms with Crippen molar-refractivity contribution in [1.82, 2.24) is 9.78 Å². The Balaban J connectivity index is 2.05. The first-order chi connectivity index (χ1) is 12.0. The highest BCUT2D eigenvalue weighted by atomic mass is 32.1. The summed E-state index contributed by atoms with van der Waals surface area (Å²) in [6.07, 6.45) is 1.49. The Labute approximate surface area is 150 Å². The summed E-state index contributed by atoms with van der Waals surface area (Å²) in [5.41, 5.74) is 7.19. The van der Waals surface area contributed by atoms with Gasteiger partial charge in [0.15, 0.2) is 5.11 Å². The van der Waals surface area contributed by atoms with Crippen molar-refractivity contribution in [3.8, 4) is 0 Å². The van der Waals surface area contributed by atoms with Crippen LogP contribution in [0.2, 0.25) is 0 Å². The van der Waals surface area contributed by atoms with Crippen LogP contribution in [0.25, 0.3) is 0 Å². The smallest absolute Gasteiger partial charge is 0.338 e. The Morgan fingerprint density at radius 1 is 1.24 bits per heavy atom. The van der Waals surface area contributed by atoms with Crippen LogP contribution in [-0.2, 0) is 11.3 Å². The van der Waals surface area contributed by atoms with E-state index in [2.05, 4.69) is 15.7 Å². The highest BCUT2D eigenvalue weighted by Gasteiger charge is 2.16. The summed E-state index contributed by atoms with van der Waals surface area (Å²) >= 11 is 5.23. The quantitative estimate of drug-likeness (QED) is 0.533. The number of amides is 1. The molecule has 2 rings (SSSR count). The largest absolute Gasteiger partial charge is 0.462 e. The molecule has 9 heteroatoms. The minimum atomic E-state index is -0.594. The number of esters is 1. The molecule has 1 heterocycles. The molecule has 4 N–H and O–H groups in total. The molecule has 0 atom stereocenters. The number of primary amides is 1. The Bertz CT molecular complexity index is 786. The summed E-state index contributed by atoms with van der Waals surface area (Å²) in [5.74, 6) is -0.976. The SMILES string of the molecule is CCOC(=O)c1ccc(NC(=S)Nc2cnn(CC)c2C(N)=O)cc1. The van der Waals surface area contributed by atoms with Crippen molar-refractivity contribution in [2.24, 2.45) is 5.73 Å². The van der Waals surface area contributed by atoms with Crippen molar-refractivity contribution in [1.29, 1.82) is 0 Å². The predicted octanol–water partition coefficient (Wildman–Crippen LogP) is 1.99. The van der Waals surface area contributed by atoms with Gasteiger partial charge in [0.1, 0.15) is 5.69 Å². The summed E-state index contributed by atoms with van der Waals surface area (Å²) in [7, 11) is 0. The van der Waals surface area contributed by atoms with Gasteiger partial charge in [0.2, 0.25) is 0 Å². The molecule has 0 unspecified atom stereocenters. The van der Waals surface area contributed by atoms with Gasteiger partial charge in [-0.3, -0.25) is 9.48 Å². The number of thiocarbonyl (C=S) groups is 1. The fourth-order valence-electron chi connectivity index (χ4n) is 2.17. The summed E-state index contributed by atoms with van der Waals surface area (Å²) < 4.78 is 6.41. The van der Waals surface area contributed by atoms with Gasteiger partial charge in [0.25, 0.3) is 5.91 Å². The van der Waals surface area contributed by atoms with Gasteiger partial charge in [0, 0.05) is 12.2 Å². The molecule has 0 saturated heterocycles. The first-order valence-corrected chi connectivity index (χ1v) is 8.07. The lowest BCUT2D eigenvalue weighted by molar-refractivity contribution is 0.0526. The number of nitrogens with zero attached hydrogens (tertiary/aromatic N) is 2. The van der Waals surface area contributed by atoms with E-state index in [1.54, 1.807) is 31.2 Å². The molecule has 0 aliphatic carbocycles. The number of hydrogen-bond donors (Lipinski definition) is 3. The fourth-order valence-corrected chi connectivity index (χ4v) is 2.39. The lowest BCUT2D eigenvalue weighted by atomic mass is 10.2. The van der Waals surface area contributed by atoms with E-state index in [1.165, 1.54) is 10.9 Å². The van der Waals surface area contributed by atoms with Gasteiger partial charge >= 0.3 is 5.97 Å². The average Bonchev–Trinajstić information content (AvgIpc) is 2.98. The fraction of sp³-hybridized carbons (Fsp3) is 0.250. The van der Waals surface area contributed by atoms with E-state index in [0.29, 0.717) is 30.1 Å². The number of anilines is 2. The second-order valence-electron chi connectivity index (χ2n) is 4.96. The molecule has 0 fully saturated rings. The molecule has 1 aromatic carbocycles. The van der Waals surface area contributed by atoms with Crippen LogP contribution in [0.15, 0.2) is 30.5 Å². The number of ether oxygens (including phenoxy) is 1. The highest BCUT2D eigenvalue weighted by Crippen LogP contribution is 2.16. The monoisotopic (exact) mass is 361 g/mol. The predicted molar refractivity (Wildman–Crippen MR) is 98.7 cm³/mol. The summed E-state index contributed by atoms with van der Waals surface area (Å²) in [6.45, 7) is 4.43. The Hall–Kier alpha value is -2.94. The zero-order valence-corrected chi connectivity index (χ0v) is 14.7. The van der Waals surface area contributed by atoms with Gasteiger partial charge in [-0.15, -0.1) is 0 Å². The topological polar surface area (TPSA) is 111 Å². The number of aromatic nitrogens is 2. The lowest BCUT2D eigenvalue weighted by Crippen LogP contribution is -2.23. The van der Waals surface area contributed by atoms with Crippen molar-refractivity contribution < 1.29 is 14.3 Å². The number of carbonyl (C=O) groups excluding carboxylic acids is 2. The number of rotatable bonds is 6. The first kappa shape index (κ1) is 18.4. The molecule has 0 aliphatic heterocycles. The third-order valence-electron chi connectivity index (χ3n) is 3.27. The van der Waals surface area contributed by atoms with E-state index in [9.17, 15) is 9.59 Å². The van der Waals surface area contributed by atoms with E-state index < -0.39 is 5.91 Å². The highest BCUT2D eigenvalue weighted by molar-refractivity contribution is 7.80. The normalized spacial score (nSPS) is 10.2. The average molecular weight is 361 g/mol. The molecule has 2 aromatic rings. The number of carbonyl (C=O) groups is 2. The molecule has 8 nitrogen and oxygen atoms in total. The summed E-state index contributed by atoms with van der Waals surface area (Å²) in [6, 6.07) is 6.66. The van der Waals surface area contributed by atoms with E-state index in [4.69, 9.17) is 22.7 Å². The van der Waals surface area contributed by atoms with Crippen LogP contribution in [0.3, 0.4) is 0 Å². The Morgan fingerprint density at radius 2 is 1.92 bits per heavy atom. The van der Waals surface area contributed by atoms with Crippen molar-refractivity contribution in [3.05, 3.63) is 41.7 Å². The van der Waals surface area contributed by atoms with Crippen LogP contribution >= 0.6 is 12.2 Å². The van der Waals surface area contributed by atoms with Crippen molar-refractivity contribution in [3.63, 3.8) is 0 Å². The molecular weight excluding hydrogens is 342 g/mol. The van der Waals surface area contributed by atoms with Crippen LogP contribution in [0, 0.1) is 0 Å². The van der Waals surface area contributed by atoms with E-state index in [0.717, 1.165) is 0 Å². The lowest BCUT2D eigenvalue weighted by Gasteiger charge is -2.11. The van der Waals surface area contributed by atoms with E-state index in [-0.39, 0.29) is 16.8 Å². The maximum Gasteiger partial charge on any atom is 0.338 e. The summed E-state index contributed by atoms with van der Waals surface area (Å²) in [4.78, 5) is 23.2. The standard InChI is InChI=1S/C16H19N5O3S/c1-3-21-13(14(17)22)12(9-18-21)20-16(25)19-11-7-5-10(6-8-11)15(23)24-4-2/h5-9H,3-4H2,1-2H3,(H2,17,22)(H2,19,20,25). The molecule has 1 amide bonds. The van der Waals surface area contributed by atoms with Crippen molar-refractivity contribution >= 4 is 40.6 Å². The second kappa shape index (κ2) is 8.25. The zero-order chi connectivity index (χ0) is 18.4. The van der Waals surface area contributed by atoms with Gasteiger partial charge in [-0.1, -0.05) is 0 Å². The summed E-state index contributed by atoms with van der Waals surface area (Å²) in [5, 5.41) is 10.2. The number of hydrogen-bond acceptors (Lipinski definition) is 5. The van der Waals surface area contributed by atoms with Gasteiger partial charge in [-0.05, 0) is 50.3 Å². The number of aryl methyl sites for hydroxylation is 1. The third kappa shape index (κ3) is 4.54. The van der Waals surface area contributed by atoms with Gasteiger partial charge < -0.3 is 21.1 Å². The van der Waals surface area contributed by atoms with Crippen LogP contribution < -0.4 is 16.4 Å². The molecule has 132 valence electrons. The zero-order valence-electron chi connectivity index (χ0n) is 13.9. The third-order valence-corrected chi connectivity index (χ3v) is 3.48. The van der Waals surface area contributed by atoms with Gasteiger partial charge in [-0.2, -0.15) is 5.10 Å². The number of benzene rings is 1. The van der Waals surface area contributed by atoms with Crippen LogP contribution in [0.1, 0.15) is 34.7 Å². The van der Waals surface area contributed by atoms with E-state index in [1.807, 2.05) is 6.92 Å². The Kier molecular flexibility index (Phi) is 6.07. The molecule has 0 spiro atoms. The minimum absolute atomic E-state index is 0.254. The van der Waals surface area contributed by atoms with Gasteiger partial charge in [0.05, 0.1) is 24.1 Å². The molecule has 1 aromatic heterocycles. The number of nitrogens with one attached hydrogen (secondary N) is 2. The molecular formula is C16H19N5O3S. The van der Waals surface area contributed by atoms with Crippen LogP contribution in [0.4, 0.5) is 11.4 Å². The number of nitrogens with two attached hydrogens (primary N) is 1. The van der Waals surface area contributed by atoms with Crippen molar-refractivity contribution in [2.45, 2.75) is 20.4 Å². The maximum atomic E-state index is 11.6. The Morgan fingerprint density at radius 3 is 2.48 bits per heavy atom. The minimum Gasteiger partial charge on any atom is -0.462 e. The maximum absolute atomic E-state index is 11.6. The molecule has 0 radical (unpaired) electrons. The first-order valence-electron chi connectivity index (χ1n) is 7.67. The molecule has 0 aliphatic rings. The van der Waals surface area contributed by atoms with Crippen LogP contribution in [-0.4, -0.2) is 33.4 Å². The second-order valence-corrected chi connectivity index (χ2v) is 5.37.